The summed E-state index contributed by atoms with van der Waals surface area (Å²) >= 11 is 1.59. The first-order valence-corrected chi connectivity index (χ1v) is 6.68. The minimum absolute atomic E-state index is 0.309. The number of ether oxygens (including phenoxy) is 1. The first-order chi connectivity index (χ1) is 9.58. The van der Waals surface area contributed by atoms with Gasteiger partial charge in [0.2, 0.25) is 0 Å². The van der Waals surface area contributed by atoms with Crippen LogP contribution in [0.4, 0.5) is 5.69 Å². The molecule has 7 heteroatoms. The van der Waals surface area contributed by atoms with E-state index >= 15 is 0 Å². The summed E-state index contributed by atoms with van der Waals surface area (Å²) in [6.07, 6.45) is 0.697. The second-order valence-electron chi connectivity index (χ2n) is 3.97. The summed E-state index contributed by atoms with van der Waals surface area (Å²) in [6.45, 7) is 0.383. The Morgan fingerprint density at radius 2 is 2.20 bits per heavy atom. The Balaban J connectivity index is 2.07. The highest BCUT2D eigenvalue weighted by atomic mass is 32.1. The van der Waals surface area contributed by atoms with Crippen molar-refractivity contribution in [1.82, 2.24) is 0 Å². The van der Waals surface area contributed by atoms with Crippen LogP contribution in [0.2, 0.25) is 0 Å². The van der Waals surface area contributed by atoms with Crippen LogP contribution in [0.25, 0.3) is 0 Å². The molecule has 1 heterocycles. The van der Waals surface area contributed by atoms with Crippen molar-refractivity contribution in [2.45, 2.75) is 6.42 Å². The molecule has 0 saturated carbocycles. The third-order valence-corrected chi connectivity index (χ3v) is 3.37. The number of hydrogen-bond donors (Lipinski definition) is 1. The molecule has 0 amide bonds. The molecule has 0 atom stereocenters. The van der Waals surface area contributed by atoms with E-state index in [0.29, 0.717) is 18.8 Å². The Morgan fingerprint density at radius 3 is 2.80 bits per heavy atom. The van der Waals surface area contributed by atoms with Crippen LogP contribution in [0.15, 0.2) is 35.0 Å². The van der Waals surface area contributed by atoms with Crippen molar-refractivity contribution in [2.24, 2.45) is 0 Å². The SMILES string of the molecule is O=C(O)c1cc(OCCc2ccsc2)ccc1[N+](=O)[O-]. The van der Waals surface area contributed by atoms with E-state index in [0.717, 1.165) is 11.6 Å². The lowest BCUT2D eigenvalue weighted by molar-refractivity contribution is -0.385. The number of hydrogen-bond acceptors (Lipinski definition) is 5. The van der Waals surface area contributed by atoms with Crippen molar-refractivity contribution in [3.63, 3.8) is 0 Å². The van der Waals surface area contributed by atoms with Gasteiger partial charge in [-0.2, -0.15) is 11.3 Å². The Kier molecular flexibility index (Phi) is 4.31. The van der Waals surface area contributed by atoms with Crippen LogP contribution in [-0.2, 0) is 6.42 Å². The number of nitrogens with zero attached hydrogens (tertiary/aromatic N) is 1. The molecule has 1 aromatic carbocycles. The van der Waals surface area contributed by atoms with Crippen molar-refractivity contribution in [3.05, 3.63) is 56.3 Å². The summed E-state index contributed by atoms with van der Waals surface area (Å²) in [5.41, 5.74) is 0.320. The standard InChI is InChI=1S/C13H11NO5S/c15-13(16)11-7-10(1-2-12(11)14(17)18)19-5-3-9-4-6-20-8-9/h1-2,4,6-8H,3,5H2,(H,15,16). The lowest BCUT2D eigenvalue weighted by Crippen LogP contribution is -2.05. The predicted octanol–water partition coefficient (Wildman–Crippen LogP) is 2.98. The molecule has 0 aliphatic heterocycles. The van der Waals surface area contributed by atoms with E-state index in [1.807, 2.05) is 16.8 Å². The van der Waals surface area contributed by atoms with Crippen LogP contribution < -0.4 is 4.74 Å². The van der Waals surface area contributed by atoms with Crippen molar-refractivity contribution >= 4 is 23.0 Å². The summed E-state index contributed by atoms with van der Waals surface area (Å²) in [7, 11) is 0. The summed E-state index contributed by atoms with van der Waals surface area (Å²) in [5.74, 6) is -1.04. The number of nitro benzene ring substituents is 1. The van der Waals surface area contributed by atoms with E-state index in [9.17, 15) is 14.9 Å². The van der Waals surface area contributed by atoms with Gasteiger partial charge in [0.05, 0.1) is 11.5 Å². The highest BCUT2D eigenvalue weighted by molar-refractivity contribution is 7.07. The van der Waals surface area contributed by atoms with Gasteiger partial charge in [-0.15, -0.1) is 0 Å². The van der Waals surface area contributed by atoms with Crippen molar-refractivity contribution in [1.29, 1.82) is 0 Å². The van der Waals surface area contributed by atoms with Crippen LogP contribution in [0.5, 0.6) is 5.75 Å². The second-order valence-corrected chi connectivity index (χ2v) is 4.75. The molecule has 2 aromatic rings. The average Bonchev–Trinajstić information content (AvgIpc) is 2.91. The number of thiophene rings is 1. The zero-order chi connectivity index (χ0) is 14.5. The fraction of sp³-hybridized carbons (Fsp3) is 0.154. The lowest BCUT2D eigenvalue weighted by atomic mass is 10.1. The van der Waals surface area contributed by atoms with Gasteiger partial charge < -0.3 is 9.84 Å². The number of carbonyl (C=O) groups is 1. The molecule has 104 valence electrons. The first-order valence-electron chi connectivity index (χ1n) is 5.73. The van der Waals surface area contributed by atoms with E-state index in [2.05, 4.69) is 0 Å². The smallest absolute Gasteiger partial charge is 0.342 e. The Bertz CT molecular complexity index is 624. The number of carboxylic acid groups (broad SMARTS) is 1. The number of carboxylic acids is 1. The molecular formula is C13H11NO5S. The van der Waals surface area contributed by atoms with Gasteiger partial charge in [-0.05, 0) is 28.5 Å². The fourth-order valence-corrected chi connectivity index (χ4v) is 2.36. The maximum absolute atomic E-state index is 11.0. The number of benzene rings is 1. The minimum Gasteiger partial charge on any atom is -0.493 e. The lowest BCUT2D eigenvalue weighted by Gasteiger charge is -2.06. The molecule has 2 rings (SSSR count). The van der Waals surface area contributed by atoms with E-state index in [-0.39, 0.29) is 5.56 Å². The van der Waals surface area contributed by atoms with E-state index < -0.39 is 16.6 Å². The van der Waals surface area contributed by atoms with Crippen LogP contribution in [0.1, 0.15) is 15.9 Å². The molecule has 0 fully saturated rings. The maximum atomic E-state index is 11.0. The molecule has 0 unspecified atom stereocenters. The monoisotopic (exact) mass is 293 g/mol. The molecule has 1 aromatic heterocycles. The van der Waals surface area contributed by atoms with Crippen molar-refractivity contribution in [2.75, 3.05) is 6.61 Å². The van der Waals surface area contributed by atoms with Crippen molar-refractivity contribution in [3.8, 4) is 5.75 Å². The van der Waals surface area contributed by atoms with Gasteiger partial charge in [-0.1, -0.05) is 0 Å². The van der Waals surface area contributed by atoms with Gasteiger partial charge in [0.25, 0.3) is 5.69 Å². The van der Waals surface area contributed by atoms with Crippen LogP contribution in [0.3, 0.4) is 0 Å². The zero-order valence-electron chi connectivity index (χ0n) is 10.3. The van der Waals surface area contributed by atoms with E-state index in [4.69, 9.17) is 9.84 Å². The Morgan fingerprint density at radius 1 is 1.40 bits per heavy atom. The fourth-order valence-electron chi connectivity index (χ4n) is 1.66. The average molecular weight is 293 g/mol. The number of nitro groups is 1. The van der Waals surface area contributed by atoms with Gasteiger partial charge in [0, 0.05) is 18.6 Å². The molecule has 0 aliphatic rings. The Labute approximate surface area is 118 Å². The number of rotatable bonds is 6. The van der Waals surface area contributed by atoms with Crippen LogP contribution in [-0.4, -0.2) is 22.6 Å². The van der Waals surface area contributed by atoms with E-state index in [1.54, 1.807) is 11.3 Å². The highest BCUT2D eigenvalue weighted by Gasteiger charge is 2.20. The van der Waals surface area contributed by atoms with Gasteiger partial charge in [0.1, 0.15) is 11.3 Å². The zero-order valence-corrected chi connectivity index (χ0v) is 11.1. The van der Waals surface area contributed by atoms with Gasteiger partial charge in [0.15, 0.2) is 0 Å². The normalized spacial score (nSPS) is 10.2. The third kappa shape index (κ3) is 3.33. The number of aromatic carboxylic acids is 1. The first kappa shape index (κ1) is 14.0. The molecular weight excluding hydrogens is 282 g/mol. The summed E-state index contributed by atoms with van der Waals surface area (Å²) in [6, 6.07) is 5.70. The minimum atomic E-state index is -1.35. The molecule has 1 N–H and O–H groups in total. The van der Waals surface area contributed by atoms with Gasteiger partial charge in [-0.3, -0.25) is 10.1 Å². The quantitative estimate of drug-likeness (QED) is 0.653. The molecule has 0 saturated heterocycles. The molecule has 0 aliphatic carbocycles. The summed E-state index contributed by atoms with van der Waals surface area (Å²) < 4.78 is 5.42. The molecule has 0 spiro atoms. The largest absolute Gasteiger partial charge is 0.493 e. The van der Waals surface area contributed by atoms with Gasteiger partial charge in [-0.25, -0.2) is 4.79 Å². The van der Waals surface area contributed by atoms with Crippen LogP contribution >= 0.6 is 11.3 Å². The summed E-state index contributed by atoms with van der Waals surface area (Å²) in [4.78, 5) is 21.0. The van der Waals surface area contributed by atoms with E-state index in [1.165, 1.54) is 12.1 Å². The Hall–Kier alpha value is -2.41. The third-order valence-electron chi connectivity index (χ3n) is 2.63. The molecule has 0 bridgehead atoms. The topological polar surface area (TPSA) is 89.7 Å². The molecule has 20 heavy (non-hydrogen) atoms. The van der Waals surface area contributed by atoms with Crippen molar-refractivity contribution < 1.29 is 19.6 Å². The predicted molar refractivity (Wildman–Crippen MR) is 73.6 cm³/mol. The van der Waals surface area contributed by atoms with Gasteiger partial charge >= 0.3 is 5.97 Å². The maximum Gasteiger partial charge on any atom is 0.342 e. The molecule has 0 radical (unpaired) electrons. The van der Waals surface area contributed by atoms with Crippen LogP contribution in [0, 0.1) is 10.1 Å². The second kappa shape index (κ2) is 6.16. The highest BCUT2D eigenvalue weighted by Crippen LogP contribution is 2.24. The summed E-state index contributed by atoms with van der Waals surface area (Å²) in [5, 5.41) is 23.6. The molecule has 6 nitrogen and oxygen atoms in total.